The maximum Gasteiger partial charge on any atom is 0.323 e. The first-order valence-electron chi connectivity index (χ1n) is 7.08. The van der Waals surface area contributed by atoms with Crippen LogP contribution in [0.15, 0.2) is 22.7 Å². The van der Waals surface area contributed by atoms with Crippen LogP contribution in [0.5, 0.6) is 0 Å². The number of esters is 1. The van der Waals surface area contributed by atoms with Crippen molar-refractivity contribution in [3.05, 3.63) is 28.2 Å². The SMILES string of the molecule is COC(=O)[C@@H]1C[C@H](O)CN1CN1C(=O)C(=O)c2cc(Br)ccc21. The zero-order chi connectivity index (χ0) is 16.7. The smallest absolute Gasteiger partial charge is 0.323 e. The molecule has 1 aromatic carbocycles. The van der Waals surface area contributed by atoms with E-state index in [9.17, 15) is 19.5 Å². The molecule has 0 saturated carbocycles. The molecule has 0 spiro atoms. The van der Waals surface area contributed by atoms with Gasteiger partial charge < -0.3 is 9.84 Å². The summed E-state index contributed by atoms with van der Waals surface area (Å²) >= 11 is 3.28. The van der Waals surface area contributed by atoms with Crippen molar-refractivity contribution in [1.82, 2.24) is 4.90 Å². The van der Waals surface area contributed by atoms with Crippen molar-refractivity contribution in [2.75, 3.05) is 25.2 Å². The van der Waals surface area contributed by atoms with Crippen LogP contribution in [0.1, 0.15) is 16.8 Å². The van der Waals surface area contributed by atoms with Crippen LogP contribution < -0.4 is 4.90 Å². The van der Waals surface area contributed by atoms with Crippen LogP contribution in [0.4, 0.5) is 5.69 Å². The molecular formula is C15H15BrN2O5. The van der Waals surface area contributed by atoms with Crippen LogP contribution in [0, 0.1) is 0 Å². The van der Waals surface area contributed by atoms with Gasteiger partial charge in [0.15, 0.2) is 0 Å². The number of benzene rings is 1. The molecule has 7 nitrogen and oxygen atoms in total. The van der Waals surface area contributed by atoms with E-state index in [1.54, 1.807) is 23.1 Å². The summed E-state index contributed by atoms with van der Waals surface area (Å²) in [5.41, 5.74) is 0.840. The minimum absolute atomic E-state index is 0.0516. The van der Waals surface area contributed by atoms with Gasteiger partial charge in [0.1, 0.15) is 6.04 Å². The average molecular weight is 383 g/mol. The van der Waals surface area contributed by atoms with Crippen LogP contribution in [-0.4, -0.2) is 60.1 Å². The molecule has 23 heavy (non-hydrogen) atoms. The fraction of sp³-hybridized carbons (Fsp3) is 0.400. The number of aliphatic hydroxyl groups excluding tert-OH is 1. The fourth-order valence-corrected chi connectivity index (χ4v) is 3.37. The number of methoxy groups -OCH3 is 1. The van der Waals surface area contributed by atoms with Crippen LogP contribution in [0.3, 0.4) is 0 Å². The Hall–Kier alpha value is -1.77. The van der Waals surface area contributed by atoms with E-state index in [-0.39, 0.29) is 19.6 Å². The molecule has 2 atom stereocenters. The second-order valence-electron chi connectivity index (χ2n) is 5.57. The van der Waals surface area contributed by atoms with Crippen molar-refractivity contribution < 1.29 is 24.2 Å². The molecule has 1 aromatic rings. The van der Waals surface area contributed by atoms with E-state index in [2.05, 4.69) is 15.9 Å². The summed E-state index contributed by atoms with van der Waals surface area (Å²) in [6.45, 7) is 0.291. The number of hydrogen-bond donors (Lipinski definition) is 1. The molecule has 3 rings (SSSR count). The highest BCUT2D eigenvalue weighted by Gasteiger charge is 2.42. The normalized spacial score (nSPS) is 24.2. The first-order valence-corrected chi connectivity index (χ1v) is 7.87. The molecule has 0 unspecified atom stereocenters. The van der Waals surface area contributed by atoms with Crippen molar-refractivity contribution in [3.8, 4) is 0 Å². The molecule has 122 valence electrons. The van der Waals surface area contributed by atoms with Gasteiger partial charge in [-0.25, -0.2) is 0 Å². The first kappa shape index (κ1) is 16.1. The standard InChI is InChI=1S/C15H15BrN2O5/c1-23-15(22)12-5-9(19)6-17(12)7-18-11-3-2-8(16)4-10(11)13(20)14(18)21/h2-4,9,12,19H,5-7H2,1H3/t9-,12-/m0/s1. The molecule has 1 saturated heterocycles. The predicted molar refractivity (Wildman–Crippen MR) is 84.0 cm³/mol. The minimum Gasteiger partial charge on any atom is -0.468 e. The van der Waals surface area contributed by atoms with Crippen LogP contribution >= 0.6 is 15.9 Å². The van der Waals surface area contributed by atoms with E-state index in [1.807, 2.05) is 0 Å². The number of halogens is 1. The lowest BCUT2D eigenvalue weighted by atomic mass is 10.1. The summed E-state index contributed by atoms with van der Waals surface area (Å²) in [5, 5.41) is 9.81. The van der Waals surface area contributed by atoms with E-state index in [0.29, 0.717) is 15.7 Å². The van der Waals surface area contributed by atoms with Crippen molar-refractivity contribution >= 4 is 39.3 Å². The number of ketones is 1. The lowest BCUT2D eigenvalue weighted by molar-refractivity contribution is -0.146. The van der Waals surface area contributed by atoms with Crippen LogP contribution in [0.25, 0.3) is 0 Å². The van der Waals surface area contributed by atoms with Gasteiger partial charge in [-0.3, -0.25) is 24.2 Å². The number of anilines is 1. The summed E-state index contributed by atoms with van der Waals surface area (Å²) in [5.74, 6) is -1.67. The topological polar surface area (TPSA) is 87.2 Å². The van der Waals surface area contributed by atoms with Gasteiger partial charge in [-0.1, -0.05) is 15.9 Å². The van der Waals surface area contributed by atoms with Crippen LogP contribution in [-0.2, 0) is 14.3 Å². The molecule has 0 aliphatic carbocycles. The number of amides is 1. The highest BCUT2D eigenvalue weighted by atomic mass is 79.9. The number of likely N-dealkylation sites (tertiary alicyclic amines) is 1. The third-order valence-electron chi connectivity index (χ3n) is 4.11. The number of fused-ring (bicyclic) bond motifs is 1. The highest BCUT2D eigenvalue weighted by Crippen LogP contribution is 2.32. The second-order valence-corrected chi connectivity index (χ2v) is 6.48. The Kier molecular flexibility index (Phi) is 4.22. The van der Waals surface area contributed by atoms with E-state index < -0.39 is 29.8 Å². The van der Waals surface area contributed by atoms with Gasteiger partial charge in [0.05, 0.1) is 31.1 Å². The Bertz CT molecular complexity index is 692. The third-order valence-corrected chi connectivity index (χ3v) is 4.60. The van der Waals surface area contributed by atoms with Gasteiger partial charge in [-0.2, -0.15) is 0 Å². The molecule has 1 amide bonds. The van der Waals surface area contributed by atoms with Gasteiger partial charge in [0.2, 0.25) is 0 Å². The van der Waals surface area contributed by atoms with Gasteiger partial charge in [-0.05, 0) is 18.2 Å². The third kappa shape index (κ3) is 2.77. The Morgan fingerprint density at radius 1 is 1.43 bits per heavy atom. The largest absolute Gasteiger partial charge is 0.468 e. The van der Waals surface area contributed by atoms with Gasteiger partial charge in [-0.15, -0.1) is 0 Å². The number of ether oxygens (including phenoxy) is 1. The van der Waals surface area contributed by atoms with E-state index in [0.717, 1.165) is 0 Å². The number of nitrogens with zero attached hydrogens (tertiary/aromatic N) is 2. The van der Waals surface area contributed by atoms with Gasteiger partial charge in [0, 0.05) is 17.4 Å². The average Bonchev–Trinajstić information content (AvgIpc) is 3.00. The number of carbonyl (C=O) groups is 3. The van der Waals surface area contributed by atoms with E-state index in [4.69, 9.17) is 4.74 Å². The maximum atomic E-state index is 12.2. The molecule has 0 aromatic heterocycles. The molecule has 0 bridgehead atoms. The zero-order valence-electron chi connectivity index (χ0n) is 12.4. The fourth-order valence-electron chi connectivity index (χ4n) is 3.01. The monoisotopic (exact) mass is 382 g/mol. The predicted octanol–water partition coefficient (Wildman–Crippen LogP) is 0.544. The van der Waals surface area contributed by atoms with Gasteiger partial charge in [0.25, 0.3) is 5.78 Å². The number of hydrogen-bond acceptors (Lipinski definition) is 6. The maximum absolute atomic E-state index is 12.2. The second kappa shape index (κ2) is 6.03. The Morgan fingerprint density at radius 2 is 2.17 bits per heavy atom. The Balaban J connectivity index is 1.87. The van der Waals surface area contributed by atoms with Crippen molar-refractivity contribution in [3.63, 3.8) is 0 Å². The van der Waals surface area contributed by atoms with Crippen molar-refractivity contribution in [1.29, 1.82) is 0 Å². The molecule has 8 heteroatoms. The number of Topliss-reactive ketones (excluding diaryl/α,β-unsaturated/α-hetero) is 1. The minimum atomic E-state index is -0.670. The highest BCUT2D eigenvalue weighted by molar-refractivity contribution is 9.10. The van der Waals surface area contributed by atoms with Gasteiger partial charge >= 0.3 is 11.9 Å². The quantitative estimate of drug-likeness (QED) is 0.606. The Morgan fingerprint density at radius 3 is 2.87 bits per heavy atom. The number of rotatable bonds is 3. The Labute approximate surface area is 140 Å². The lowest BCUT2D eigenvalue weighted by Crippen LogP contribution is -2.46. The molecule has 2 aliphatic rings. The summed E-state index contributed by atoms with van der Waals surface area (Å²) in [7, 11) is 1.28. The number of aliphatic hydroxyl groups is 1. The summed E-state index contributed by atoms with van der Waals surface area (Å²) in [6, 6.07) is 4.40. The zero-order valence-corrected chi connectivity index (χ0v) is 13.9. The summed E-state index contributed by atoms with van der Waals surface area (Å²) in [6.07, 6.45) is -0.424. The molecule has 1 N–H and O–H groups in total. The molecule has 2 aliphatic heterocycles. The number of β-amino-alcohol motifs (C(OH)–C–C–N with tert-alkyl or cyclic N) is 1. The molecule has 0 radical (unpaired) electrons. The van der Waals surface area contributed by atoms with Crippen LogP contribution in [0.2, 0.25) is 0 Å². The molecular weight excluding hydrogens is 368 g/mol. The number of carbonyl (C=O) groups excluding carboxylic acids is 3. The van der Waals surface area contributed by atoms with E-state index >= 15 is 0 Å². The van der Waals surface area contributed by atoms with Crippen molar-refractivity contribution in [2.45, 2.75) is 18.6 Å². The summed E-state index contributed by atoms with van der Waals surface area (Å²) in [4.78, 5) is 39.2. The molecule has 2 heterocycles. The molecule has 1 fully saturated rings. The first-order chi connectivity index (χ1) is 10.9. The van der Waals surface area contributed by atoms with E-state index in [1.165, 1.54) is 12.0 Å². The summed E-state index contributed by atoms with van der Waals surface area (Å²) < 4.78 is 5.45. The lowest BCUT2D eigenvalue weighted by Gasteiger charge is -2.27. The van der Waals surface area contributed by atoms with Crippen molar-refractivity contribution in [2.24, 2.45) is 0 Å².